The Hall–Kier alpha value is -3.34. The number of piperazine rings is 1. The second-order valence-electron chi connectivity index (χ2n) is 12.6. The molecule has 1 amide bonds. The van der Waals surface area contributed by atoms with Crippen molar-refractivity contribution in [1.82, 2.24) is 4.90 Å². The van der Waals surface area contributed by atoms with Crippen LogP contribution in [0.3, 0.4) is 0 Å². The van der Waals surface area contributed by atoms with Crippen molar-refractivity contribution in [3.63, 3.8) is 0 Å². The first kappa shape index (κ1) is 26.3. The number of aryl methyl sites for hydroxylation is 2. The molecule has 1 aliphatic carbocycles. The van der Waals surface area contributed by atoms with Crippen LogP contribution >= 0.6 is 0 Å². The summed E-state index contributed by atoms with van der Waals surface area (Å²) in [6.45, 7) is 17.3. The molecule has 3 aromatic rings. The Kier molecular flexibility index (Phi) is 6.53. The van der Waals surface area contributed by atoms with Gasteiger partial charge in [0.1, 0.15) is 0 Å². The molecule has 1 atom stereocenters. The molecule has 2 aliphatic rings. The van der Waals surface area contributed by atoms with Gasteiger partial charge in [-0.2, -0.15) is 0 Å². The molecule has 0 spiro atoms. The zero-order valence-corrected chi connectivity index (χ0v) is 23.9. The highest BCUT2D eigenvalue weighted by atomic mass is 16.4. The van der Waals surface area contributed by atoms with Gasteiger partial charge in [-0.05, 0) is 97.0 Å². The van der Waals surface area contributed by atoms with Crippen LogP contribution in [0, 0.1) is 13.8 Å². The lowest BCUT2D eigenvalue weighted by atomic mass is 9.62. The predicted octanol–water partition coefficient (Wildman–Crippen LogP) is 6.83. The van der Waals surface area contributed by atoms with Gasteiger partial charge in [0.15, 0.2) is 11.5 Å². The summed E-state index contributed by atoms with van der Waals surface area (Å²) in [7, 11) is 0. The van der Waals surface area contributed by atoms with Crippen molar-refractivity contribution in [1.29, 1.82) is 0 Å². The number of anilines is 1. The smallest absolute Gasteiger partial charge is 0.289 e. The van der Waals surface area contributed by atoms with Crippen molar-refractivity contribution in [2.45, 2.75) is 78.2 Å². The number of rotatable bonds is 4. The summed E-state index contributed by atoms with van der Waals surface area (Å²) in [4.78, 5) is 31.1. The number of furan rings is 1. The molecule has 1 saturated heterocycles. The van der Waals surface area contributed by atoms with Gasteiger partial charge in [-0.15, -0.1) is 0 Å². The van der Waals surface area contributed by atoms with Gasteiger partial charge in [-0.1, -0.05) is 45.9 Å². The van der Waals surface area contributed by atoms with Crippen molar-refractivity contribution >= 4 is 17.4 Å². The molecule has 1 unspecified atom stereocenters. The molecular weight excluding hydrogens is 472 g/mol. The summed E-state index contributed by atoms with van der Waals surface area (Å²) >= 11 is 0. The van der Waals surface area contributed by atoms with E-state index in [-0.39, 0.29) is 40.1 Å². The van der Waals surface area contributed by atoms with E-state index in [2.05, 4.69) is 82.8 Å². The van der Waals surface area contributed by atoms with Crippen LogP contribution in [0.1, 0.15) is 96.4 Å². The number of hydrogen-bond donors (Lipinski definition) is 0. The summed E-state index contributed by atoms with van der Waals surface area (Å²) in [5.74, 6) is 0.114. The van der Waals surface area contributed by atoms with Gasteiger partial charge in [0.2, 0.25) is 5.78 Å². The van der Waals surface area contributed by atoms with Crippen LogP contribution in [0.4, 0.5) is 5.69 Å². The SMILES string of the molecule is Cc1cccc(N2CCN(C(=O)c3ccc(C(=O)c4cc5c(cc4C)C(C)(C)CCC5(C)C)o3)CC2C)c1. The fourth-order valence-electron chi connectivity index (χ4n) is 6.16. The standard InChI is InChI=1S/C33H40N2O3/c1-21-9-8-10-24(17-21)35-16-15-34(20-23(35)3)31(37)29-12-11-28(38-29)30(36)25-19-27-26(18-22(25)2)32(4,5)13-14-33(27,6)7/h8-12,17-19,23H,13-16,20H2,1-7H3. The molecule has 0 saturated carbocycles. The second-order valence-corrected chi connectivity index (χ2v) is 12.6. The fraction of sp³-hybridized carbons (Fsp3) is 0.455. The highest BCUT2D eigenvalue weighted by molar-refractivity contribution is 6.09. The molecular formula is C33H40N2O3. The van der Waals surface area contributed by atoms with Gasteiger partial charge in [0, 0.05) is 36.9 Å². The molecule has 1 aromatic heterocycles. The lowest BCUT2D eigenvalue weighted by Gasteiger charge is -2.42. The maximum absolute atomic E-state index is 13.6. The number of nitrogens with zero attached hydrogens (tertiary/aromatic N) is 2. The van der Waals surface area contributed by atoms with E-state index >= 15 is 0 Å². The largest absolute Gasteiger partial charge is 0.447 e. The molecule has 38 heavy (non-hydrogen) atoms. The van der Waals surface area contributed by atoms with Gasteiger partial charge in [0.25, 0.3) is 5.91 Å². The molecule has 5 nitrogen and oxygen atoms in total. The van der Waals surface area contributed by atoms with E-state index in [1.807, 2.05) is 11.8 Å². The van der Waals surface area contributed by atoms with Gasteiger partial charge >= 0.3 is 0 Å². The topological polar surface area (TPSA) is 53.8 Å². The summed E-state index contributed by atoms with van der Waals surface area (Å²) < 4.78 is 5.91. The van der Waals surface area contributed by atoms with Gasteiger partial charge in [-0.3, -0.25) is 9.59 Å². The lowest BCUT2D eigenvalue weighted by molar-refractivity contribution is 0.0692. The molecule has 1 aliphatic heterocycles. The van der Waals surface area contributed by atoms with Crippen LogP contribution in [0.5, 0.6) is 0 Å². The molecule has 2 heterocycles. The van der Waals surface area contributed by atoms with E-state index in [9.17, 15) is 9.59 Å². The summed E-state index contributed by atoms with van der Waals surface area (Å²) in [5.41, 5.74) is 6.68. The zero-order valence-electron chi connectivity index (χ0n) is 23.9. The van der Waals surface area contributed by atoms with E-state index in [1.165, 1.54) is 22.4 Å². The van der Waals surface area contributed by atoms with E-state index in [0.29, 0.717) is 18.7 Å². The minimum atomic E-state index is -0.166. The Labute approximate surface area is 226 Å². The molecule has 5 rings (SSSR count). The average Bonchev–Trinajstić information content (AvgIpc) is 3.36. The number of hydrogen-bond acceptors (Lipinski definition) is 4. The van der Waals surface area contributed by atoms with Crippen molar-refractivity contribution in [3.05, 3.63) is 87.9 Å². The number of benzene rings is 2. The average molecular weight is 513 g/mol. The van der Waals surface area contributed by atoms with Crippen LogP contribution in [-0.2, 0) is 10.8 Å². The minimum absolute atomic E-state index is 0.00909. The first-order chi connectivity index (χ1) is 17.9. The molecule has 5 heteroatoms. The maximum Gasteiger partial charge on any atom is 0.289 e. The summed E-state index contributed by atoms with van der Waals surface area (Å²) in [6.07, 6.45) is 2.21. The minimum Gasteiger partial charge on any atom is -0.447 e. The molecule has 2 aromatic carbocycles. The Morgan fingerprint density at radius 1 is 0.868 bits per heavy atom. The van der Waals surface area contributed by atoms with Crippen molar-refractivity contribution in [3.8, 4) is 0 Å². The van der Waals surface area contributed by atoms with E-state index in [0.717, 1.165) is 24.9 Å². The molecule has 0 bridgehead atoms. The summed E-state index contributed by atoms with van der Waals surface area (Å²) in [6, 6.07) is 16.2. The van der Waals surface area contributed by atoms with Crippen molar-refractivity contribution < 1.29 is 14.0 Å². The van der Waals surface area contributed by atoms with E-state index in [1.54, 1.807) is 12.1 Å². The number of ketones is 1. The highest BCUT2D eigenvalue weighted by Gasteiger charge is 2.38. The first-order valence-corrected chi connectivity index (χ1v) is 13.8. The molecule has 1 fully saturated rings. The number of carbonyl (C=O) groups excluding carboxylic acids is 2. The lowest BCUT2D eigenvalue weighted by Crippen LogP contribution is -2.53. The van der Waals surface area contributed by atoms with Crippen molar-refractivity contribution in [2.24, 2.45) is 0 Å². The Bertz CT molecular complexity index is 1400. The molecule has 200 valence electrons. The normalized spacial score (nSPS) is 20.2. The van der Waals surface area contributed by atoms with Crippen LogP contribution in [0.15, 0.2) is 52.9 Å². The Balaban J connectivity index is 1.34. The maximum atomic E-state index is 13.6. The second kappa shape index (κ2) is 9.44. The monoisotopic (exact) mass is 512 g/mol. The fourth-order valence-corrected chi connectivity index (χ4v) is 6.16. The van der Waals surface area contributed by atoms with Gasteiger partial charge in [-0.25, -0.2) is 0 Å². The molecule has 0 N–H and O–H groups in total. The zero-order chi connectivity index (χ0) is 27.4. The Morgan fingerprint density at radius 2 is 1.53 bits per heavy atom. The highest BCUT2D eigenvalue weighted by Crippen LogP contribution is 2.46. The van der Waals surface area contributed by atoms with Crippen molar-refractivity contribution in [2.75, 3.05) is 24.5 Å². The Morgan fingerprint density at radius 3 is 2.18 bits per heavy atom. The van der Waals surface area contributed by atoms with Crippen LogP contribution in [0.25, 0.3) is 0 Å². The third-order valence-corrected chi connectivity index (χ3v) is 8.73. The summed E-state index contributed by atoms with van der Waals surface area (Å²) in [5, 5.41) is 0. The molecule has 0 radical (unpaired) electrons. The quantitative estimate of drug-likeness (QED) is 0.360. The van der Waals surface area contributed by atoms with Gasteiger partial charge < -0.3 is 14.2 Å². The predicted molar refractivity (Wildman–Crippen MR) is 152 cm³/mol. The van der Waals surface area contributed by atoms with Gasteiger partial charge in [0.05, 0.1) is 0 Å². The van der Waals surface area contributed by atoms with Crippen LogP contribution in [-0.4, -0.2) is 42.3 Å². The van der Waals surface area contributed by atoms with Crippen LogP contribution in [0.2, 0.25) is 0 Å². The van der Waals surface area contributed by atoms with E-state index < -0.39 is 0 Å². The number of amides is 1. The van der Waals surface area contributed by atoms with Crippen LogP contribution < -0.4 is 4.90 Å². The number of carbonyl (C=O) groups is 2. The van der Waals surface area contributed by atoms with E-state index in [4.69, 9.17) is 4.42 Å². The first-order valence-electron chi connectivity index (χ1n) is 13.8. The third-order valence-electron chi connectivity index (χ3n) is 8.73. The number of fused-ring (bicyclic) bond motifs is 1. The third kappa shape index (κ3) is 4.68.